The molecule has 2 aromatic rings. The van der Waals surface area contributed by atoms with E-state index in [1.165, 1.54) is 11.3 Å². The van der Waals surface area contributed by atoms with Crippen molar-refractivity contribution in [2.24, 2.45) is 0 Å². The highest BCUT2D eigenvalue weighted by Crippen LogP contribution is 2.39. The molecule has 1 fully saturated rings. The molecule has 0 radical (unpaired) electrons. The minimum Gasteiger partial charge on any atom is -0.493 e. The van der Waals surface area contributed by atoms with Crippen LogP contribution in [0, 0.1) is 11.8 Å². The number of aliphatic hydroxyl groups excluding tert-OH is 1. The molecule has 3 atom stereocenters. The molecule has 0 aliphatic carbocycles. The molecular weight excluding hydrogens is 326 g/mol. The normalized spacial score (nSPS) is 23.5. The number of hydrogen-bond donors (Lipinski definition) is 2. The van der Waals surface area contributed by atoms with E-state index in [1.54, 1.807) is 18.7 Å². The molecule has 0 bridgehead atoms. The van der Waals surface area contributed by atoms with Crippen LogP contribution in [0.3, 0.4) is 0 Å². The number of thiazole rings is 1. The number of aromatic nitrogens is 1. The van der Waals surface area contributed by atoms with E-state index in [2.05, 4.69) is 17.2 Å². The highest BCUT2D eigenvalue weighted by Gasteiger charge is 2.43. The van der Waals surface area contributed by atoms with E-state index in [0.717, 1.165) is 28.0 Å². The Hall–Kier alpha value is -2.30. The second-order valence-electron chi connectivity index (χ2n) is 5.91. The van der Waals surface area contributed by atoms with Crippen molar-refractivity contribution in [1.29, 1.82) is 0 Å². The number of amides is 2. The zero-order valence-electron chi connectivity index (χ0n) is 13.4. The van der Waals surface area contributed by atoms with Crippen LogP contribution in [0.25, 0.3) is 10.2 Å². The Morgan fingerprint density at radius 2 is 2.38 bits per heavy atom. The largest absolute Gasteiger partial charge is 0.493 e. The lowest BCUT2D eigenvalue weighted by molar-refractivity contribution is 0.153. The fourth-order valence-electron chi connectivity index (χ4n) is 3.23. The van der Waals surface area contributed by atoms with Gasteiger partial charge in [0.2, 0.25) is 0 Å². The number of ether oxygens (including phenoxy) is 1. The number of nitrogens with zero attached hydrogens (tertiary/aromatic N) is 2. The Kier molecular flexibility index (Phi) is 3.59. The maximum Gasteiger partial charge on any atom is 0.325 e. The molecule has 2 aliphatic rings. The summed E-state index contributed by atoms with van der Waals surface area (Å²) in [5.74, 6) is 6.75. The molecule has 2 amide bonds. The molecular formula is C17H17N3O3S. The van der Waals surface area contributed by atoms with Gasteiger partial charge in [0.15, 0.2) is 5.13 Å². The molecule has 1 aromatic heterocycles. The van der Waals surface area contributed by atoms with Crippen molar-refractivity contribution in [3.05, 3.63) is 17.7 Å². The highest BCUT2D eigenvalue weighted by molar-refractivity contribution is 7.22. The summed E-state index contributed by atoms with van der Waals surface area (Å²) in [6, 6.07) is 2.78. The third-order valence-electron chi connectivity index (χ3n) is 4.37. The molecule has 1 aromatic carbocycles. The fourth-order valence-corrected chi connectivity index (χ4v) is 4.26. The minimum atomic E-state index is -0.697. The summed E-state index contributed by atoms with van der Waals surface area (Å²) in [6.07, 6.45) is 0.133. The summed E-state index contributed by atoms with van der Waals surface area (Å²) in [4.78, 5) is 18.7. The van der Waals surface area contributed by atoms with Crippen LogP contribution in [0.1, 0.15) is 19.4 Å². The van der Waals surface area contributed by atoms with E-state index in [9.17, 15) is 9.90 Å². The van der Waals surface area contributed by atoms with Crippen molar-refractivity contribution < 1.29 is 14.6 Å². The molecule has 1 unspecified atom stereocenters. The third-order valence-corrected chi connectivity index (χ3v) is 5.39. The minimum absolute atomic E-state index is 0.277. The SMILES string of the molecule is CC#C[C@@H]1[C@H](C(C)O)NC(=O)N1c1nc2c3c(ccc2s1)OCC3. The fraction of sp³-hybridized carbons (Fsp3) is 0.412. The predicted octanol–water partition coefficient (Wildman–Crippen LogP) is 1.90. The van der Waals surface area contributed by atoms with E-state index >= 15 is 0 Å². The smallest absolute Gasteiger partial charge is 0.325 e. The predicted molar refractivity (Wildman–Crippen MR) is 92.5 cm³/mol. The highest BCUT2D eigenvalue weighted by atomic mass is 32.1. The summed E-state index contributed by atoms with van der Waals surface area (Å²) in [7, 11) is 0. The average Bonchev–Trinajstić information content (AvgIpc) is 3.22. The van der Waals surface area contributed by atoms with Crippen molar-refractivity contribution >= 4 is 32.7 Å². The van der Waals surface area contributed by atoms with Crippen molar-refractivity contribution in [1.82, 2.24) is 10.3 Å². The molecule has 1 saturated heterocycles. The Balaban J connectivity index is 1.80. The van der Waals surface area contributed by atoms with Crippen LogP contribution in [0.5, 0.6) is 5.75 Å². The van der Waals surface area contributed by atoms with Gasteiger partial charge in [-0.2, -0.15) is 0 Å². The second kappa shape index (κ2) is 5.65. The first kappa shape index (κ1) is 15.2. The first-order chi connectivity index (χ1) is 11.6. The molecule has 124 valence electrons. The molecule has 2 aliphatic heterocycles. The quantitative estimate of drug-likeness (QED) is 0.817. The van der Waals surface area contributed by atoms with Gasteiger partial charge in [0, 0.05) is 12.0 Å². The van der Waals surface area contributed by atoms with Crippen LogP contribution >= 0.6 is 11.3 Å². The molecule has 0 saturated carbocycles. The summed E-state index contributed by atoms with van der Waals surface area (Å²) in [5, 5.41) is 13.4. The number of fused-ring (bicyclic) bond motifs is 3. The Morgan fingerprint density at radius 3 is 3.12 bits per heavy atom. The number of nitrogens with one attached hydrogen (secondary N) is 1. The zero-order chi connectivity index (χ0) is 16.8. The van der Waals surface area contributed by atoms with Gasteiger partial charge in [-0.25, -0.2) is 9.78 Å². The van der Waals surface area contributed by atoms with Gasteiger partial charge in [0.05, 0.1) is 29.0 Å². The van der Waals surface area contributed by atoms with Gasteiger partial charge in [0.25, 0.3) is 0 Å². The van der Waals surface area contributed by atoms with Gasteiger partial charge in [-0.3, -0.25) is 4.90 Å². The summed E-state index contributed by atoms with van der Waals surface area (Å²) in [6.45, 7) is 4.05. The number of carbonyl (C=O) groups is 1. The molecule has 4 rings (SSSR count). The topological polar surface area (TPSA) is 74.7 Å². The van der Waals surface area contributed by atoms with Crippen molar-refractivity contribution in [3.63, 3.8) is 0 Å². The zero-order valence-corrected chi connectivity index (χ0v) is 14.2. The van der Waals surface area contributed by atoms with Crippen LogP contribution in [-0.2, 0) is 6.42 Å². The summed E-state index contributed by atoms with van der Waals surface area (Å²) in [5.41, 5.74) is 1.99. The molecule has 7 heteroatoms. The number of urea groups is 1. The first-order valence-corrected chi connectivity index (χ1v) is 8.67. The summed E-state index contributed by atoms with van der Waals surface area (Å²) < 4.78 is 6.61. The number of benzene rings is 1. The van der Waals surface area contributed by atoms with Gasteiger partial charge in [-0.1, -0.05) is 17.3 Å². The van der Waals surface area contributed by atoms with Gasteiger partial charge in [0.1, 0.15) is 11.8 Å². The number of hydrogen-bond acceptors (Lipinski definition) is 5. The maximum absolute atomic E-state index is 12.5. The Labute approximate surface area is 143 Å². The second-order valence-corrected chi connectivity index (χ2v) is 6.92. The van der Waals surface area contributed by atoms with Crippen molar-refractivity contribution in [2.45, 2.75) is 38.5 Å². The van der Waals surface area contributed by atoms with Gasteiger partial charge in [-0.05, 0) is 26.0 Å². The lowest BCUT2D eigenvalue weighted by Gasteiger charge is -2.21. The van der Waals surface area contributed by atoms with Gasteiger partial charge >= 0.3 is 6.03 Å². The summed E-state index contributed by atoms with van der Waals surface area (Å²) >= 11 is 1.46. The number of rotatable bonds is 2. The Morgan fingerprint density at radius 1 is 1.54 bits per heavy atom. The van der Waals surface area contributed by atoms with E-state index in [4.69, 9.17) is 9.72 Å². The maximum atomic E-state index is 12.5. The van der Waals surface area contributed by atoms with Gasteiger partial charge in [-0.15, -0.1) is 5.92 Å². The van der Waals surface area contributed by atoms with Crippen LogP contribution in [0.4, 0.5) is 9.93 Å². The first-order valence-electron chi connectivity index (χ1n) is 7.85. The monoisotopic (exact) mass is 343 g/mol. The number of carbonyl (C=O) groups excluding carboxylic acids is 1. The van der Waals surface area contributed by atoms with E-state index in [-0.39, 0.29) is 6.03 Å². The average molecular weight is 343 g/mol. The number of aliphatic hydroxyl groups is 1. The van der Waals surface area contributed by atoms with Crippen molar-refractivity contribution in [2.75, 3.05) is 11.5 Å². The lowest BCUT2D eigenvalue weighted by Crippen LogP contribution is -2.42. The molecule has 0 spiro atoms. The van der Waals surface area contributed by atoms with E-state index in [0.29, 0.717) is 11.7 Å². The lowest BCUT2D eigenvalue weighted by atomic mass is 10.1. The van der Waals surface area contributed by atoms with Crippen LogP contribution < -0.4 is 15.0 Å². The molecule has 2 N–H and O–H groups in total. The Bertz CT molecular complexity index is 880. The third kappa shape index (κ3) is 2.22. The van der Waals surface area contributed by atoms with Crippen LogP contribution in [0.2, 0.25) is 0 Å². The van der Waals surface area contributed by atoms with E-state index in [1.807, 2.05) is 12.1 Å². The van der Waals surface area contributed by atoms with Crippen LogP contribution in [-0.4, -0.2) is 40.9 Å². The van der Waals surface area contributed by atoms with Crippen molar-refractivity contribution in [3.8, 4) is 17.6 Å². The van der Waals surface area contributed by atoms with E-state index < -0.39 is 18.2 Å². The molecule has 3 heterocycles. The standard InChI is InChI=1S/C17H17N3O3S/c1-3-4-11-14(9(2)21)18-16(22)20(11)17-19-15-10-7-8-23-12(10)5-6-13(15)24-17/h5-6,9,11,14,21H,7-8H2,1-2H3,(H,18,22)/t9?,11-,14+/m1/s1. The number of anilines is 1. The van der Waals surface area contributed by atoms with Gasteiger partial charge < -0.3 is 15.2 Å². The van der Waals surface area contributed by atoms with Crippen LogP contribution in [0.15, 0.2) is 12.1 Å². The molecule has 6 nitrogen and oxygen atoms in total. The molecule has 24 heavy (non-hydrogen) atoms.